The van der Waals surface area contributed by atoms with Gasteiger partial charge in [-0.2, -0.15) is 0 Å². The monoisotopic (exact) mass is 830 g/mol. The van der Waals surface area contributed by atoms with Gasteiger partial charge in [-0.15, -0.1) is 0 Å². The molecule has 0 saturated heterocycles. The number of hydrogen-bond acceptors (Lipinski definition) is 4. The molecule has 0 amide bonds. The van der Waals surface area contributed by atoms with Crippen LogP contribution < -0.4 is 26.2 Å². The molecule has 0 unspecified atom stereocenters. The van der Waals surface area contributed by atoms with Crippen molar-refractivity contribution in [3.8, 4) is 22.3 Å². The quantitative estimate of drug-likeness (QED) is 0.107. The number of nitrogens with zero attached hydrogens (tertiary/aromatic N) is 4. The van der Waals surface area contributed by atoms with Crippen molar-refractivity contribution >= 4 is 69.7 Å². The Labute approximate surface area is 379 Å². The van der Waals surface area contributed by atoms with E-state index in [9.17, 15) is 0 Å². The van der Waals surface area contributed by atoms with Gasteiger partial charge in [-0.25, -0.2) is 0 Å². The highest BCUT2D eigenvalue weighted by Gasteiger charge is 2.44. The summed E-state index contributed by atoms with van der Waals surface area (Å²) < 4.78 is 0. The van der Waals surface area contributed by atoms with E-state index in [1.807, 2.05) is 13.1 Å². The van der Waals surface area contributed by atoms with E-state index in [-0.39, 0.29) is 6.71 Å². The maximum absolute atomic E-state index is 4.86. The average molecular weight is 831 g/mol. The Morgan fingerprint density at radius 3 is 1.38 bits per heavy atom. The molecule has 5 heteroatoms. The molecular weight excluding hydrogens is 775 g/mol. The van der Waals surface area contributed by atoms with Gasteiger partial charge in [-0.05, 0) is 149 Å². The summed E-state index contributed by atoms with van der Waals surface area (Å²) in [7, 11) is 1.88. The molecule has 4 aliphatic rings. The maximum atomic E-state index is 4.86. The van der Waals surface area contributed by atoms with E-state index in [1.54, 1.807) is 6.20 Å². The topological polar surface area (TPSA) is 31.2 Å². The zero-order chi connectivity index (χ0) is 43.0. The standard InChI is InChI=1S/C59H55BN4/c1-61-36-35-54(62-2)49-39-57-59-58(40-49)64(51-31-25-46(26-32-51)42-17-9-4-10-18-42)56-34-28-48(44-21-13-6-14-22-44)38-53(56)60(59)52-37-47(43-19-11-5-12-20-43)27-33-55(52)63(57)50-29-23-45(24-30-50)41-15-7-3-8-16-41/h3-4,7-10,15-18,23-40,43-44H,1,5-6,11-14,19-22H2,2H3/b36-35-,62-54+. The summed E-state index contributed by atoms with van der Waals surface area (Å²) in [5, 5.41) is 0. The fraction of sp³-hybridized carbons (Fsp3) is 0.220. The smallest absolute Gasteiger partial charge is 0.252 e. The summed E-state index contributed by atoms with van der Waals surface area (Å²) in [6.45, 7) is 3.81. The van der Waals surface area contributed by atoms with Crippen LogP contribution in [0, 0.1) is 0 Å². The first-order chi connectivity index (χ1) is 31.7. The molecule has 2 aliphatic carbocycles. The third-order valence-electron chi connectivity index (χ3n) is 14.6. The molecule has 0 radical (unpaired) electrons. The molecular formula is C59H55BN4. The van der Waals surface area contributed by atoms with Crippen LogP contribution in [0.1, 0.15) is 92.7 Å². The second-order valence-corrected chi connectivity index (χ2v) is 18.3. The van der Waals surface area contributed by atoms with Crippen molar-refractivity contribution in [2.45, 2.75) is 76.0 Å². The van der Waals surface area contributed by atoms with Crippen molar-refractivity contribution in [1.29, 1.82) is 0 Å². The highest BCUT2D eigenvalue weighted by molar-refractivity contribution is 7.00. The van der Waals surface area contributed by atoms with Crippen LogP contribution in [0.2, 0.25) is 0 Å². The molecule has 0 bridgehead atoms. The number of allylic oxidation sites excluding steroid dienone is 1. The fourth-order valence-corrected chi connectivity index (χ4v) is 11.4. The number of benzene rings is 7. The summed E-state index contributed by atoms with van der Waals surface area (Å²) >= 11 is 0. The Bertz CT molecular complexity index is 2690. The van der Waals surface area contributed by atoms with Gasteiger partial charge < -0.3 is 9.80 Å². The number of aliphatic imine (C=N–C) groups is 2. The molecule has 64 heavy (non-hydrogen) atoms. The average Bonchev–Trinajstić information content (AvgIpc) is 3.37. The van der Waals surface area contributed by atoms with Crippen molar-refractivity contribution in [2.24, 2.45) is 9.98 Å². The fourth-order valence-electron chi connectivity index (χ4n) is 11.4. The lowest BCUT2D eigenvalue weighted by Gasteiger charge is -2.45. The molecule has 0 spiro atoms. The number of anilines is 6. The van der Waals surface area contributed by atoms with Gasteiger partial charge in [0.05, 0.1) is 5.71 Å². The van der Waals surface area contributed by atoms with Crippen LogP contribution in [0.5, 0.6) is 0 Å². The number of hydrogen-bond donors (Lipinski definition) is 0. The molecule has 2 aliphatic heterocycles. The van der Waals surface area contributed by atoms with Crippen LogP contribution in [0.15, 0.2) is 180 Å². The van der Waals surface area contributed by atoms with E-state index < -0.39 is 0 Å². The Morgan fingerprint density at radius 1 is 0.516 bits per heavy atom. The normalized spacial score (nSPS) is 16.4. The second kappa shape index (κ2) is 17.5. The number of fused-ring (bicyclic) bond motifs is 4. The summed E-state index contributed by atoms with van der Waals surface area (Å²) in [5.41, 5.74) is 21.0. The van der Waals surface area contributed by atoms with Gasteiger partial charge in [-0.1, -0.05) is 148 Å². The first-order valence-corrected chi connectivity index (χ1v) is 23.6. The third kappa shape index (κ3) is 7.31. The first kappa shape index (κ1) is 40.1. The summed E-state index contributed by atoms with van der Waals surface area (Å²) in [6, 6.07) is 59.7. The van der Waals surface area contributed by atoms with Crippen LogP contribution >= 0.6 is 0 Å². The molecule has 0 N–H and O–H groups in total. The molecule has 2 fully saturated rings. The third-order valence-corrected chi connectivity index (χ3v) is 14.6. The molecule has 0 atom stereocenters. The van der Waals surface area contributed by atoms with Crippen LogP contribution in [-0.2, 0) is 0 Å². The molecule has 2 heterocycles. The van der Waals surface area contributed by atoms with E-state index in [1.165, 1.54) is 137 Å². The van der Waals surface area contributed by atoms with Gasteiger partial charge in [0, 0.05) is 52.9 Å². The van der Waals surface area contributed by atoms with Gasteiger partial charge in [0.15, 0.2) is 0 Å². The maximum Gasteiger partial charge on any atom is 0.252 e. The largest absolute Gasteiger partial charge is 0.311 e. The Kier molecular flexibility index (Phi) is 10.9. The highest BCUT2D eigenvalue weighted by atomic mass is 15.2. The minimum Gasteiger partial charge on any atom is -0.311 e. The van der Waals surface area contributed by atoms with Crippen LogP contribution in [0.3, 0.4) is 0 Å². The summed E-state index contributed by atoms with van der Waals surface area (Å²) in [5.74, 6) is 1.18. The molecule has 4 nitrogen and oxygen atoms in total. The zero-order valence-electron chi connectivity index (χ0n) is 37.0. The van der Waals surface area contributed by atoms with Gasteiger partial charge in [0.1, 0.15) is 0 Å². The molecule has 2 saturated carbocycles. The van der Waals surface area contributed by atoms with Gasteiger partial charge >= 0.3 is 0 Å². The summed E-state index contributed by atoms with van der Waals surface area (Å²) in [4.78, 5) is 14.1. The molecule has 11 rings (SSSR count). The first-order valence-electron chi connectivity index (χ1n) is 23.6. The number of rotatable bonds is 9. The Hall–Kier alpha value is -6.72. The zero-order valence-corrected chi connectivity index (χ0v) is 37.0. The van der Waals surface area contributed by atoms with E-state index >= 15 is 0 Å². The van der Waals surface area contributed by atoms with Gasteiger partial charge in [0.25, 0.3) is 6.71 Å². The second-order valence-electron chi connectivity index (χ2n) is 18.3. The van der Waals surface area contributed by atoms with E-state index in [0.29, 0.717) is 11.8 Å². The van der Waals surface area contributed by atoms with Crippen LogP contribution in [0.4, 0.5) is 34.1 Å². The van der Waals surface area contributed by atoms with Crippen molar-refractivity contribution in [3.05, 3.63) is 187 Å². The minimum absolute atomic E-state index is 0.0446. The van der Waals surface area contributed by atoms with Crippen molar-refractivity contribution in [1.82, 2.24) is 0 Å². The predicted molar refractivity (Wildman–Crippen MR) is 274 cm³/mol. The predicted octanol–water partition coefficient (Wildman–Crippen LogP) is 13.8. The van der Waals surface area contributed by atoms with Crippen molar-refractivity contribution in [2.75, 3.05) is 16.8 Å². The molecule has 7 aromatic rings. The van der Waals surface area contributed by atoms with Gasteiger partial charge in [-0.3, -0.25) is 9.98 Å². The lowest BCUT2D eigenvalue weighted by Crippen LogP contribution is -2.61. The summed E-state index contributed by atoms with van der Waals surface area (Å²) in [6.07, 6.45) is 16.7. The highest BCUT2D eigenvalue weighted by Crippen LogP contribution is 2.47. The SMILES string of the molecule is C=N/C=C\C(=N/C)c1cc2c3c(c1)N(c1ccc(-c4ccccc4)cc1)c1ccc(C4CCCCC4)cc1B3c1cc(C3CCCCC3)ccc1N2c1ccc(-c2ccccc2)cc1. The Morgan fingerprint density at radius 2 is 0.953 bits per heavy atom. The minimum atomic E-state index is 0.0446. The lowest BCUT2D eigenvalue weighted by atomic mass is 9.33. The van der Waals surface area contributed by atoms with Crippen LogP contribution in [0.25, 0.3) is 22.3 Å². The lowest BCUT2D eigenvalue weighted by molar-refractivity contribution is 0.444. The Balaban J connectivity index is 1.18. The molecule has 0 aromatic heterocycles. The van der Waals surface area contributed by atoms with Crippen molar-refractivity contribution < 1.29 is 0 Å². The van der Waals surface area contributed by atoms with Gasteiger partial charge in [0.2, 0.25) is 0 Å². The van der Waals surface area contributed by atoms with E-state index in [4.69, 9.17) is 4.99 Å². The molecule has 7 aromatic carbocycles. The van der Waals surface area contributed by atoms with E-state index in [0.717, 1.165) is 22.6 Å². The van der Waals surface area contributed by atoms with Crippen LogP contribution in [-0.4, -0.2) is 26.2 Å². The van der Waals surface area contributed by atoms with E-state index in [2.05, 4.69) is 179 Å². The van der Waals surface area contributed by atoms with Crippen molar-refractivity contribution in [3.63, 3.8) is 0 Å². The molecule has 314 valence electrons.